The van der Waals surface area contributed by atoms with E-state index >= 15 is 0 Å². The number of aryl methyl sites for hydroxylation is 1. The summed E-state index contributed by atoms with van der Waals surface area (Å²) in [5.74, 6) is -1.18. The molecule has 5 nitrogen and oxygen atoms in total. The van der Waals surface area contributed by atoms with E-state index in [0.29, 0.717) is 11.4 Å². The van der Waals surface area contributed by atoms with Crippen molar-refractivity contribution in [2.24, 2.45) is 0 Å². The molecule has 0 radical (unpaired) electrons. The van der Waals surface area contributed by atoms with E-state index in [1.165, 1.54) is 18.2 Å². The molecule has 0 atom stereocenters. The number of aromatic nitrogens is 3. The molecule has 0 aliphatic carbocycles. The highest BCUT2D eigenvalue weighted by atomic mass is 19.1. The number of nitrogens with one attached hydrogen (secondary N) is 1. The molecule has 0 saturated carbocycles. The lowest BCUT2D eigenvalue weighted by atomic mass is 10.1. The minimum Gasteiger partial charge on any atom is -0.324 e. The summed E-state index contributed by atoms with van der Waals surface area (Å²) in [6.07, 6.45) is 3.73. The van der Waals surface area contributed by atoms with Crippen molar-refractivity contribution in [3.63, 3.8) is 0 Å². The van der Waals surface area contributed by atoms with Gasteiger partial charge in [-0.05, 0) is 68.4 Å². The van der Waals surface area contributed by atoms with Crippen LogP contribution in [0.25, 0.3) is 11.4 Å². The molecule has 7 heteroatoms. The van der Waals surface area contributed by atoms with Gasteiger partial charge >= 0.3 is 0 Å². The fourth-order valence-corrected chi connectivity index (χ4v) is 3.40. The maximum absolute atomic E-state index is 14.3. The van der Waals surface area contributed by atoms with Crippen molar-refractivity contribution >= 4 is 11.6 Å². The number of amides is 1. The van der Waals surface area contributed by atoms with Crippen molar-refractivity contribution in [3.05, 3.63) is 95.6 Å². The van der Waals surface area contributed by atoms with Crippen molar-refractivity contribution in [2.45, 2.75) is 20.3 Å². The first kappa shape index (κ1) is 19.6. The van der Waals surface area contributed by atoms with Gasteiger partial charge in [0.2, 0.25) is 5.91 Å². The predicted octanol–water partition coefficient (Wildman–Crippen LogP) is 4.74. The quantitative estimate of drug-likeness (QED) is 0.521. The van der Waals surface area contributed by atoms with Crippen LogP contribution in [0.3, 0.4) is 0 Å². The molecule has 0 unspecified atom stereocenters. The van der Waals surface area contributed by atoms with Crippen LogP contribution in [0.1, 0.15) is 17.0 Å². The van der Waals surface area contributed by atoms with Gasteiger partial charge in [0.1, 0.15) is 11.6 Å². The number of carbonyl (C=O) groups is 1. The lowest BCUT2D eigenvalue weighted by Gasteiger charge is -2.10. The third-order valence-corrected chi connectivity index (χ3v) is 4.98. The number of carbonyl (C=O) groups excluding carboxylic acids is 1. The monoisotopic (exact) mass is 406 g/mol. The van der Waals surface area contributed by atoms with Crippen LogP contribution in [0.15, 0.2) is 67.0 Å². The third-order valence-electron chi connectivity index (χ3n) is 4.98. The van der Waals surface area contributed by atoms with Crippen LogP contribution in [0.2, 0.25) is 0 Å². The molecule has 0 saturated heterocycles. The number of nitrogens with zero attached hydrogens (tertiary/aromatic N) is 3. The second-order valence-corrected chi connectivity index (χ2v) is 7.02. The molecule has 2 aromatic carbocycles. The Morgan fingerprint density at radius 2 is 1.67 bits per heavy atom. The van der Waals surface area contributed by atoms with Crippen LogP contribution in [0, 0.1) is 25.5 Å². The van der Waals surface area contributed by atoms with Gasteiger partial charge in [-0.2, -0.15) is 5.10 Å². The van der Waals surface area contributed by atoms with Crippen LogP contribution < -0.4 is 5.32 Å². The first-order valence-electron chi connectivity index (χ1n) is 9.46. The SMILES string of the molecule is Cc1nn(-c2ccc(F)cc2)c(C)c1CC(=O)Nc1cc(-n2cccc2)ccc1F. The largest absolute Gasteiger partial charge is 0.324 e. The molecular weight excluding hydrogens is 386 g/mol. The average Bonchev–Trinajstić information content (AvgIpc) is 3.35. The van der Waals surface area contributed by atoms with Crippen molar-refractivity contribution in [3.8, 4) is 11.4 Å². The highest BCUT2D eigenvalue weighted by Crippen LogP contribution is 2.22. The first-order chi connectivity index (χ1) is 14.4. The van der Waals surface area contributed by atoms with Gasteiger partial charge in [-0.25, -0.2) is 13.5 Å². The first-order valence-corrected chi connectivity index (χ1v) is 9.46. The fourth-order valence-electron chi connectivity index (χ4n) is 3.40. The van der Waals surface area contributed by atoms with Gasteiger partial charge in [0, 0.05) is 29.3 Å². The minimum absolute atomic E-state index is 0.0477. The normalized spacial score (nSPS) is 10.9. The van der Waals surface area contributed by atoms with Crippen LogP contribution >= 0.6 is 0 Å². The van der Waals surface area contributed by atoms with Crippen molar-refractivity contribution < 1.29 is 13.6 Å². The van der Waals surface area contributed by atoms with Gasteiger partial charge in [0.25, 0.3) is 0 Å². The van der Waals surface area contributed by atoms with Gasteiger partial charge in [0.05, 0.1) is 23.5 Å². The van der Waals surface area contributed by atoms with Gasteiger partial charge in [-0.1, -0.05) is 0 Å². The Kier molecular flexibility index (Phi) is 5.18. The summed E-state index contributed by atoms with van der Waals surface area (Å²) in [5.41, 5.74) is 3.78. The fraction of sp³-hybridized carbons (Fsp3) is 0.130. The Labute approximate surface area is 172 Å². The summed E-state index contributed by atoms with van der Waals surface area (Å²) >= 11 is 0. The number of hydrogen-bond acceptors (Lipinski definition) is 2. The van der Waals surface area contributed by atoms with Gasteiger partial charge in [-0.15, -0.1) is 0 Å². The summed E-state index contributed by atoms with van der Waals surface area (Å²) in [4.78, 5) is 12.7. The van der Waals surface area contributed by atoms with Crippen LogP contribution in [0.4, 0.5) is 14.5 Å². The number of halogens is 2. The van der Waals surface area contributed by atoms with E-state index in [0.717, 1.165) is 16.9 Å². The number of anilines is 1. The zero-order chi connectivity index (χ0) is 21.3. The molecule has 0 aliphatic heterocycles. The zero-order valence-electron chi connectivity index (χ0n) is 16.6. The summed E-state index contributed by atoms with van der Waals surface area (Å²) in [5, 5.41) is 7.13. The summed E-state index contributed by atoms with van der Waals surface area (Å²) in [6.45, 7) is 3.65. The smallest absolute Gasteiger partial charge is 0.229 e. The Bertz CT molecular complexity index is 1190. The van der Waals surface area contributed by atoms with E-state index in [9.17, 15) is 13.6 Å². The van der Waals surface area contributed by atoms with E-state index in [-0.39, 0.29) is 23.8 Å². The second kappa shape index (κ2) is 7.94. The van der Waals surface area contributed by atoms with Crippen LogP contribution in [-0.2, 0) is 11.2 Å². The molecule has 2 heterocycles. The van der Waals surface area contributed by atoms with Gasteiger partial charge in [-0.3, -0.25) is 4.79 Å². The molecule has 1 N–H and O–H groups in total. The summed E-state index contributed by atoms with van der Waals surface area (Å²) in [6, 6.07) is 14.3. The van der Waals surface area contributed by atoms with Crippen LogP contribution in [-0.4, -0.2) is 20.3 Å². The standard InChI is InChI=1S/C23H20F2N4O/c1-15-20(16(2)29(27-15)18-7-5-17(24)6-8-18)14-23(30)26-22-13-19(9-10-21(22)25)28-11-3-4-12-28/h3-13H,14H2,1-2H3,(H,26,30). The number of rotatable bonds is 5. The van der Waals surface area contributed by atoms with E-state index in [4.69, 9.17) is 0 Å². The Balaban J connectivity index is 1.55. The molecule has 0 aliphatic rings. The topological polar surface area (TPSA) is 51.9 Å². The highest BCUT2D eigenvalue weighted by Gasteiger charge is 2.17. The molecule has 0 bridgehead atoms. The highest BCUT2D eigenvalue weighted by molar-refractivity contribution is 5.93. The molecule has 0 spiro atoms. The minimum atomic E-state index is -0.505. The Morgan fingerprint density at radius 3 is 2.37 bits per heavy atom. The Morgan fingerprint density at radius 1 is 1.00 bits per heavy atom. The molecule has 2 aromatic heterocycles. The number of benzene rings is 2. The van der Waals surface area contributed by atoms with Crippen molar-refractivity contribution in [2.75, 3.05) is 5.32 Å². The average molecular weight is 406 g/mol. The van der Waals surface area contributed by atoms with E-state index in [1.807, 2.05) is 42.9 Å². The molecule has 1 amide bonds. The molecule has 0 fully saturated rings. The lowest BCUT2D eigenvalue weighted by Crippen LogP contribution is -2.16. The van der Waals surface area contributed by atoms with E-state index < -0.39 is 5.82 Å². The molecule has 4 rings (SSSR count). The molecule has 4 aromatic rings. The zero-order valence-corrected chi connectivity index (χ0v) is 16.6. The molecule has 30 heavy (non-hydrogen) atoms. The van der Waals surface area contributed by atoms with E-state index in [1.54, 1.807) is 28.9 Å². The van der Waals surface area contributed by atoms with Gasteiger partial charge < -0.3 is 9.88 Å². The van der Waals surface area contributed by atoms with Crippen LogP contribution in [0.5, 0.6) is 0 Å². The maximum atomic E-state index is 14.3. The maximum Gasteiger partial charge on any atom is 0.229 e. The summed E-state index contributed by atoms with van der Waals surface area (Å²) in [7, 11) is 0. The second-order valence-electron chi connectivity index (χ2n) is 7.02. The van der Waals surface area contributed by atoms with Crippen molar-refractivity contribution in [1.29, 1.82) is 0 Å². The number of hydrogen-bond donors (Lipinski definition) is 1. The van der Waals surface area contributed by atoms with Crippen molar-refractivity contribution in [1.82, 2.24) is 14.3 Å². The third kappa shape index (κ3) is 3.87. The Hall–Kier alpha value is -3.74. The molecule has 152 valence electrons. The van der Waals surface area contributed by atoms with Gasteiger partial charge in [0.15, 0.2) is 0 Å². The summed E-state index contributed by atoms with van der Waals surface area (Å²) < 4.78 is 31.0. The predicted molar refractivity (Wildman–Crippen MR) is 111 cm³/mol. The molecular formula is C23H20F2N4O. The lowest BCUT2D eigenvalue weighted by molar-refractivity contribution is -0.115. The van der Waals surface area contributed by atoms with E-state index in [2.05, 4.69) is 10.4 Å².